The molecule has 0 spiro atoms. The molecule has 0 radical (unpaired) electrons. The van der Waals surface area contributed by atoms with E-state index in [1.807, 2.05) is 36.5 Å². The molecule has 0 fully saturated rings. The molecule has 3 heterocycles. The topological polar surface area (TPSA) is 54.5 Å². The predicted molar refractivity (Wildman–Crippen MR) is 82.6 cm³/mol. The maximum atomic E-state index is 4.48. The van der Waals surface area contributed by atoms with Crippen molar-refractivity contribution in [1.82, 2.24) is 20.2 Å². The van der Waals surface area contributed by atoms with Gasteiger partial charge in [-0.1, -0.05) is 30.3 Å². The molecule has 0 saturated heterocycles. The molecule has 0 unspecified atom stereocenters. The second-order valence-corrected chi connectivity index (χ2v) is 4.82. The normalized spacial score (nSPS) is 10.9. The van der Waals surface area contributed by atoms with Crippen LogP contribution >= 0.6 is 0 Å². The summed E-state index contributed by atoms with van der Waals surface area (Å²) in [5.41, 5.74) is 4.89. The van der Waals surface area contributed by atoms with Gasteiger partial charge in [-0.15, -0.1) is 0 Å². The first-order valence-electron chi connectivity index (χ1n) is 6.72. The number of aromatic nitrogens is 4. The summed E-state index contributed by atoms with van der Waals surface area (Å²) >= 11 is 0. The Morgan fingerprint density at radius 1 is 0.857 bits per heavy atom. The Morgan fingerprint density at radius 3 is 2.57 bits per heavy atom. The van der Waals surface area contributed by atoms with Crippen LogP contribution in [-0.2, 0) is 0 Å². The number of pyridine rings is 1. The molecule has 1 N–H and O–H groups in total. The van der Waals surface area contributed by atoms with Crippen molar-refractivity contribution in [2.24, 2.45) is 0 Å². The van der Waals surface area contributed by atoms with Gasteiger partial charge in [0.2, 0.25) is 0 Å². The van der Waals surface area contributed by atoms with Crippen LogP contribution in [0.2, 0.25) is 0 Å². The first-order valence-corrected chi connectivity index (χ1v) is 6.72. The lowest BCUT2D eigenvalue weighted by Gasteiger charge is -1.98. The minimum Gasteiger partial charge on any atom is -0.339 e. The van der Waals surface area contributed by atoms with E-state index < -0.39 is 0 Å². The Hall–Kier alpha value is -3.01. The number of benzene rings is 1. The largest absolute Gasteiger partial charge is 0.339 e. The summed E-state index contributed by atoms with van der Waals surface area (Å²) in [7, 11) is 0. The van der Waals surface area contributed by atoms with E-state index in [0.29, 0.717) is 0 Å². The molecule has 21 heavy (non-hydrogen) atoms. The Morgan fingerprint density at radius 2 is 1.76 bits per heavy atom. The monoisotopic (exact) mass is 272 g/mol. The molecule has 1 aromatic carbocycles. The molecule has 3 aromatic heterocycles. The number of hydrogen-bond donors (Lipinski definition) is 1. The van der Waals surface area contributed by atoms with Gasteiger partial charge >= 0.3 is 0 Å². The van der Waals surface area contributed by atoms with Gasteiger partial charge in [-0.3, -0.25) is 0 Å². The number of hydrogen-bond acceptors (Lipinski definition) is 3. The average molecular weight is 272 g/mol. The fourth-order valence-corrected chi connectivity index (χ4v) is 2.38. The first kappa shape index (κ1) is 11.8. The Balaban J connectivity index is 1.82. The molecular formula is C17H12N4. The number of nitrogens with one attached hydrogen (secondary N) is 1. The van der Waals surface area contributed by atoms with Gasteiger partial charge in [0.15, 0.2) is 0 Å². The van der Waals surface area contributed by atoms with Crippen LogP contribution in [0.3, 0.4) is 0 Å². The quantitative estimate of drug-likeness (QED) is 0.605. The highest BCUT2D eigenvalue weighted by atomic mass is 15.1. The van der Waals surface area contributed by atoms with Crippen molar-refractivity contribution in [3.05, 3.63) is 67.0 Å². The van der Waals surface area contributed by atoms with Crippen molar-refractivity contribution in [1.29, 1.82) is 0 Å². The van der Waals surface area contributed by atoms with Crippen molar-refractivity contribution >= 4 is 11.0 Å². The van der Waals surface area contributed by atoms with E-state index in [2.05, 4.69) is 44.4 Å². The van der Waals surface area contributed by atoms with Crippen LogP contribution in [-0.4, -0.2) is 20.2 Å². The van der Waals surface area contributed by atoms with Gasteiger partial charge in [0.05, 0.1) is 5.69 Å². The third kappa shape index (κ3) is 2.17. The van der Waals surface area contributed by atoms with Crippen molar-refractivity contribution in [3.8, 4) is 22.5 Å². The minimum atomic E-state index is 0.828. The van der Waals surface area contributed by atoms with Gasteiger partial charge in [0.1, 0.15) is 5.65 Å². The number of nitrogens with zero attached hydrogens (tertiary/aromatic N) is 3. The van der Waals surface area contributed by atoms with E-state index in [1.165, 1.54) is 0 Å². The third-order valence-electron chi connectivity index (χ3n) is 3.42. The Labute approximate surface area is 121 Å². The van der Waals surface area contributed by atoms with Gasteiger partial charge in [-0.25, -0.2) is 4.98 Å². The van der Waals surface area contributed by atoms with Gasteiger partial charge in [-0.05, 0) is 29.8 Å². The summed E-state index contributed by atoms with van der Waals surface area (Å²) in [6.45, 7) is 0. The fourth-order valence-electron chi connectivity index (χ4n) is 2.38. The molecule has 0 amide bonds. The van der Waals surface area contributed by atoms with E-state index in [0.717, 1.165) is 33.5 Å². The van der Waals surface area contributed by atoms with Crippen LogP contribution in [0, 0.1) is 0 Å². The zero-order chi connectivity index (χ0) is 14.1. The Bertz CT molecular complexity index is 845. The zero-order valence-electron chi connectivity index (χ0n) is 11.2. The van der Waals surface area contributed by atoms with Crippen LogP contribution in [0.1, 0.15) is 0 Å². The lowest BCUT2D eigenvalue weighted by atomic mass is 10.1. The number of aromatic amines is 1. The molecule has 0 saturated carbocycles. The van der Waals surface area contributed by atoms with E-state index in [4.69, 9.17) is 0 Å². The molecule has 0 atom stereocenters. The second-order valence-electron chi connectivity index (χ2n) is 4.82. The summed E-state index contributed by atoms with van der Waals surface area (Å²) in [5, 5.41) is 9.10. The smallest absolute Gasteiger partial charge is 0.137 e. The Kier molecular flexibility index (Phi) is 2.71. The lowest BCUT2D eigenvalue weighted by molar-refractivity contribution is 1.04. The molecular weight excluding hydrogens is 260 g/mol. The van der Waals surface area contributed by atoms with Crippen LogP contribution in [0.25, 0.3) is 33.5 Å². The number of rotatable bonds is 2. The van der Waals surface area contributed by atoms with E-state index in [9.17, 15) is 0 Å². The van der Waals surface area contributed by atoms with Crippen LogP contribution in [0.4, 0.5) is 0 Å². The molecule has 4 aromatic rings. The molecule has 100 valence electrons. The number of H-pyrrole nitrogens is 1. The van der Waals surface area contributed by atoms with E-state index >= 15 is 0 Å². The second kappa shape index (κ2) is 4.83. The van der Waals surface area contributed by atoms with Gasteiger partial charge in [-0.2, -0.15) is 10.2 Å². The maximum Gasteiger partial charge on any atom is 0.137 e. The average Bonchev–Trinajstić information content (AvgIpc) is 2.99. The van der Waals surface area contributed by atoms with E-state index in [-0.39, 0.29) is 0 Å². The first-order chi connectivity index (χ1) is 10.4. The highest BCUT2D eigenvalue weighted by Crippen LogP contribution is 2.25. The van der Waals surface area contributed by atoms with Crippen LogP contribution < -0.4 is 0 Å². The van der Waals surface area contributed by atoms with Crippen molar-refractivity contribution in [2.75, 3.05) is 0 Å². The van der Waals surface area contributed by atoms with Crippen molar-refractivity contribution in [2.45, 2.75) is 0 Å². The lowest BCUT2D eigenvalue weighted by Crippen LogP contribution is -1.86. The molecule has 0 bridgehead atoms. The summed E-state index contributed by atoms with van der Waals surface area (Å²) in [6.07, 6.45) is 3.48. The summed E-state index contributed by atoms with van der Waals surface area (Å²) in [4.78, 5) is 7.82. The fraction of sp³-hybridized carbons (Fsp3) is 0. The zero-order valence-corrected chi connectivity index (χ0v) is 11.2. The summed E-state index contributed by atoms with van der Waals surface area (Å²) in [6, 6.07) is 18.2. The van der Waals surface area contributed by atoms with Gasteiger partial charge in [0, 0.05) is 29.0 Å². The highest BCUT2D eigenvalue weighted by Gasteiger charge is 2.06. The SMILES string of the molecule is c1ccc(-c2cc3cc(-c4cccnn4)cnc3[nH]2)cc1. The number of fused-ring (bicyclic) bond motifs is 1. The van der Waals surface area contributed by atoms with Gasteiger partial charge in [0.25, 0.3) is 0 Å². The maximum absolute atomic E-state index is 4.48. The van der Waals surface area contributed by atoms with Crippen molar-refractivity contribution in [3.63, 3.8) is 0 Å². The highest BCUT2D eigenvalue weighted by molar-refractivity contribution is 5.86. The minimum absolute atomic E-state index is 0.828. The molecule has 4 rings (SSSR count). The summed E-state index contributed by atoms with van der Waals surface area (Å²) < 4.78 is 0. The van der Waals surface area contributed by atoms with Gasteiger partial charge < -0.3 is 4.98 Å². The molecule has 4 heteroatoms. The molecule has 0 aliphatic heterocycles. The van der Waals surface area contributed by atoms with E-state index in [1.54, 1.807) is 6.20 Å². The summed E-state index contributed by atoms with van der Waals surface area (Å²) in [5.74, 6) is 0. The molecule has 4 nitrogen and oxygen atoms in total. The standard InChI is InChI=1S/C17H12N4/c1-2-5-12(6-3-1)16-10-13-9-14(11-18-17(13)20-16)15-7-4-8-19-21-15/h1-11H,(H,18,20). The van der Waals surface area contributed by atoms with Crippen LogP contribution in [0.15, 0.2) is 67.0 Å². The van der Waals surface area contributed by atoms with Crippen LogP contribution in [0.5, 0.6) is 0 Å². The van der Waals surface area contributed by atoms with Crippen molar-refractivity contribution < 1.29 is 0 Å². The third-order valence-corrected chi connectivity index (χ3v) is 3.42. The molecule has 0 aliphatic rings. The predicted octanol–water partition coefficient (Wildman–Crippen LogP) is 3.69. The molecule has 0 aliphatic carbocycles.